The van der Waals surface area contributed by atoms with Crippen molar-refractivity contribution in [3.63, 3.8) is 0 Å². The van der Waals surface area contributed by atoms with Gasteiger partial charge in [-0.1, -0.05) is 31.0 Å². The molecule has 4 nitrogen and oxygen atoms in total. The molecule has 1 fully saturated rings. The van der Waals surface area contributed by atoms with Crippen molar-refractivity contribution >= 4 is 10.9 Å². The van der Waals surface area contributed by atoms with E-state index in [1.807, 2.05) is 24.3 Å². The summed E-state index contributed by atoms with van der Waals surface area (Å²) < 4.78 is 5.36. The highest BCUT2D eigenvalue weighted by molar-refractivity contribution is 5.84. The minimum atomic E-state index is -0.519. The Morgan fingerprint density at radius 1 is 1.24 bits per heavy atom. The van der Waals surface area contributed by atoms with Crippen LogP contribution in [-0.2, 0) is 6.54 Å². The molecular formula is C17H22N2O2. The van der Waals surface area contributed by atoms with Crippen molar-refractivity contribution in [2.75, 3.05) is 13.7 Å². The van der Waals surface area contributed by atoms with Crippen molar-refractivity contribution in [3.05, 3.63) is 36.0 Å². The van der Waals surface area contributed by atoms with Crippen LogP contribution in [0.1, 0.15) is 31.4 Å². The number of para-hydroxylation sites is 1. The Bertz CT molecular complexity index is 621. The molecule has 0 unspecified atom stereocenters. The number of aliphatic hydroxyl groups is 1. The van der Waals surface area contributed by atoms with Crippen molar-refractivity contribution in [3.8, 4) is 5.75 Å². The first kappa shape index (κ1) is 14.3. The molecule has 1 saturated carbocycles. The summed E-state index contributed by atoms with van der Waals surface area (Å²) in [4.78, 5) is 4.66. The third-order valence-electron chi connectivity index (χ3n) is 4.26. The van der Waals surface area contributed by atoms with Gasteiger partial charge in [-0.2, -0.15) is 0 Å². The van der Waals surface area contributed by atoms with Crippen molar-refractivity contribution < 1.29 is 9.84 Å². The third kappa shape index (κ3) is 3.17. The molecule has 1 aliphatic carbocycles. The van der Waals surface area contributed by atoms with Crippen molar-refractivity contribution in [2.45, 2.75) is 37.8 Å². The molecule has 0 bridgehead atoms. The summed E-state index contributed by atoms with van der Waals surface area (Å²) in [6.45, 7) is 1.30. The lowest BCUT2D eigenvalue weighted by atomic mass is 10.0. The molecule has 21 heavy (non-hydrogen) atoms. The fourth-order valence-corrected chi connectivity index (χ4v) is 3.06. The van der Waals surface area contributed by atoms with Gasteiger partial charge >= 0.3 is 0 Å². The van der Waals surface area contributed by atoms with E-state index in [1.165, 1.54) is 0 Å². The van der Waals surface area contributed by atoms with E-state index >= 15 is 0 Å². The highest BCUT2D eigenvalue weighted by Crippen LogP contribution is 2.28. The SMILES string of the molecule is COc1cccc2ccc(CNCC3(O)CCCC3)nc12. The van der Waals surface area contributed by atoms with Crippen LogP contribution >= 0.6 is 0 Å². The lowest BCUT2D eigenvalue weighted by Gasteiger charge is -2.22. The van der Waals surface area contributed by atoms with Gasteiger partial charge in [0.05, 0.1) is 18.4 Å². The van der Waals surface area contributed by atoms with E-state index in [0.29, 0.717) is 13.1 Å². The van der Waals surface area contributed by atoms with Gasteiger partial charge in [0.25, 0.3) is 0 Å². The zero-order valence-corrected chi connectivity index (χ0v) is 12.4. The molecule has 0 saturated heterocycles. The van der Waals surface area contributed by atoms with Crippen LogP contribution in [0.5, 0.6) is 5.75 Å². The fraction of sp³-hybridized carbons (Fsp3) is 0.471. The molecule has 0 atom stereocenters. The van der Waals surface area contributed by atoms with Crippen LogP contribution in [-0.4, -0.2) is 29.3 Å². The topological polar surface area (TPSA) is 54.4 Å². The molecule has 1 heterocycles. The summed E-state index contributed by atoms with van der Waals surface area (Å²) >= 11 is 0. The maximum atomic E-state index is 10.3. The summed E-state index contributed by atoms with van der Waals surface area (Å²) in [5, 5.41) is 14.7. The van der Waals surface area contributed by atoms with Gasteiger partial charge in [0, 0.05) is 18.5 Å². The zero-order chi connectivity index (χ0) is 14.7. The van der Waals surface area contributed by atoms with E-state index in [4.69, 9.17) is 4.74 Å². The molecule has 0 amide bonds. The van der Waals surface area contributed by atoms with Crippen LogP contribution < -0.4 is 10.1 Å². The van der Waals surface area contributed by atoms with Crippen LogP contribution in [0.2, 0.25) is 0 Å². The van der Waals surface area contributed by atoms with Crippen LogP contribution in [0, 0.1) is 0 Å². The van der Waals surface area contributed by atoms with Gasteiger partial charge in [0.1, 0.15) is 11.3 Å². The zero-order valence-electron chi connectivity index (χ0n) is 12.4. The highest BCUT2D eigenvalue weighted by atomic mass is 16.5. The number of hydrogen-bond acceptors (Lipinski definition) is 4. The number of nitrogens with one attached hydrogen (secondary N) is 1. The highest BCUT2D eigenvalue weighted by Gasteiger charge is 2.30. The summed E-state index contributed by atoms with van der Waals surface area (Å²) in [7, 11) is 1.66. The Morgan fingerprint density at radius 3 is 2.81 bits per heavy atom. The average Bonchev–Trinajstić information content (AvgIpc) is 2.93. The Kier molecular flexibility index (Phi) is 4.08. The number of fused-ring (bicyclic) bond motifs is 1. The maximum absolute atomic E-state index is 10.3. The lowest BCUT2D eigenvalue weighted by Crippen LogP contribution is -2.37. The van der Waals surface area contributed by atoms with Crippen molar-refractivity contribution in [2.24, 2.45) is 0 Å². The second-order valence-electron chi connectivity index (χ2n) is 5.87. The van der Waals surface area contributed by atoms with Crippen LogP contribution in [0.4, 0.5) is 0 Å². The Hall–Kier alpha value is -1.65. The molecule has 0 spiro atoms. The summed E-state index contributed by atoms with van der Waals surface area (Å²) in [5.74, 6) is 0.795. The summed E-state index contributed by atoms with van der Waals surface area (Å²) in [6, 6.07) is 10.0. The van der Waals surface area contributed by atoms with Gasteiger partial charge in [-0.15, -0.1) is 0 Å². The molecule has 0 aliphatic heterocycles. The van der Waals surface area contributed by atoms with Gasteiger partial charge in [-0.05, 0) is 25.0 Å². The molecule has 2 aromatic rings. The summed E-state index contributed by atoms with van der Waals surface area (Å²) in [5.41, 5.74) is 1.33. The number of aromatic nitrogens is 1. The molecule has 1 aromatic heterocycles. The van der Waals surface area contributed by atoms with Gasteiger partial charge < -0.3 is 15.2 Å². The van der Waals surface area contributed by atoms with Crippen LogP contribution in [0.3, 0.4) is 0 Å². The van der Waals surface area contributed by atoms with Gasteiger partial charge in [-0.3, -0.25) is 0 Å². The molecule has 1 aliphatic rings. The first-order chi connectivity index (χ1) is 10.2. The van der Waals surface area contributed by atoms with Crippen molar-refractivity contribution in [1.29, 1.82) is 0 Å². The van der Waals surface area contributed by atoms with Gasteiger partial charge in [-0.25, -0.2) is 4.98 Å². The number of ether oxygens (including phenoxy) is 1. The summed E-state index contributed by atoms with van der Waals surface area (Å²) in [6.07, 6.45) is 4.06. The minimum absolute atomic E-state index is 0.519. The predicted molar refractivity (Wildman–Crippen MR) is 83.4 cm³/mol. The number of hydrogen-bond donors (Lipinski definition) is 2. The number of rotatable bonds is 5. The largest absolute Gasteiger partial charge is 0.494 e. The number of nitrogens with zero attached hydrogens (tertiary/aromatic N) is 1. The lowest BCUT2D eigenvalue weighted by molar-refractivity contribution is 0.0474. The van der Waals surface area contributed by atoms with E-state index in [2.05, 4.69) is 16.4 Å². The van der Waals surface area contributed by atoms with Crippen LogP contribution in [0.15, 0.2) is 30.3 Å². The first-order valence-electron chi connectivity index (χ1n) is 7.56. The molecular weight excluding hydrogens is 264 g/mol. The number of pyridine rings is 1. The molecule has 1 aromatic carbocycles. The van der Waals surface area contributed by atoms with E-state index in [1.54, 1.807) is 7.11 Å². The van der Waals surface area contributed by atoms with E-state index in [9.17, 15) is 5.11 Å². The van der Waals surface area contributed by atoms with Gasteiger partial charge in [0.2, 0.25) is 0 Å². The predicted octanol–water partition coefficient (Wildman–Crippen LogP) is 2.64. The Morgan fingerprint density at radius 2 is 2.05 bits per heavy atom. The second kappa shape index (κ2) is 6.00. The standard InChI is InChI=1S/C17H22N2O2/c1-21-15-6-4-5-13-7-8-14(19-16(13)15)11-18-12-17(20)9-2-3-10-17/h4-8,18,20H,2-3,9-12H2,1H3. The first-order valence-corrected chi connectivity index (χ1v) is 7.56. The average molecular weight is 286 g/mol. The second-order valence-corrected chi connectivity index (χ2v) is 5.87. The normalized spacial score (nSPS) is 17.2. The molecule has 3 rings (SSSR count). The number of benzene rings is 1. The quantitative estimate of drug-likeness (QED) is 0.887. The smallest absolute Gasteiger partial charge is 0.145 e. The van der Waals surface area contributed by atoms with E-state index in [-0.39, 0.29) is 0 Å². The van der Waals surface area contributed by atoms with E-state index in [0.717, 1.165) is 48.0 Å². The fourth-order valence-electron chi connectivity index (χ4n) is 3.06. The molecule has 2 N–H and O–H groups in total. The van der Waals surface area contributed by atoms with E-state index < -0.39 is 5.60 Å². The van der Waals surface area contributed by atoms with Gasteiger partial charge in [0.15, 0.2) is 0 Å². The third-order valence-corrected chi connectivity index (χ3v) is 4.26. The molecule has 0 radical (unpaired) electrons. The maximum Gasteiger partial charge on any atom is 0.145 e. The monoisotopic (exact) mass is 286 g/mol. The molecule has 112 valence electrons. The molecule has 4 heteroatoms. The minimum Gasteiger partial charge on any atom is -0.494 e. The Balaban J connectivity index is 1.69. The number of methoxy groups -OCH3 is 1. The van der Waals surface area contributed by atoms with Crippen molar-refractivity contribution in [1.82, 2.24) is 10.3 Å². The Labute approximate surface area is 125 Å². The van der Waals surface area contributed by atoms with Crippen LogP contribution in [0.25, 0.3) is 10.9 Å².